The molecule has 1 N–H and O–H groups in total. The predicted molar refractivity (Wildman–Crippen MR) is 80.2 cm³/mol. The minimum Gasteiger partial charge on any atom is -0.310 e. The van der Waals surface area contributed by atoms with Crippen LogP contribution in [0.25, 0.3) is 0 Å². The first-order valence-electron chi connectivity index (χ1n) is 6.99. The third kappa shape index (κ3) is 4.18. The molecule has 0 aliphatic carbocycles. The first kappa shape index (κ1) is 13.8. The van der Waals surface area contributed by atoms with Crippen LogP contribution in [0.4, 0.5) is 0 Å². The molecule has 0 amide bonds. The molecule has 0 radical (unpaired) electrons. The van der Waals surface area contributed by atoms with Gasteiger partial charge in [0.05, 0.1) is 0 Å². The van der Waals surface area contributed by atoms with Gasteiger partial charge in [-0.15, -0.1) is 0 Å². The fourth-order valence-electron chi connectivity index (χ4n) is 2.14. The Labute approximate surface area is 115 Å². The average Bonchev–Trinajstić information content (AvgIpc) is 2.46. The van der Waals surface area contributed by atoms with E-state index in [9.17, 15) is 0 Å². The van der Waals surface area contributed by atoms with Gasteiger partial charge in [-0.1, -0.05) is 43.3 Å². The fraction of sp³-hybridized carbons (Fsp3) is 0.353. The molecular formula is C17H22N2. The number of aryl methyl sites for hydroxylation is 1. The molecule has 1 heterocycles. The summed E-state index contributed by atoms with van der Waals surface area (Å²) in [5, 5.41) is 3.61. The monoisotopic (exact) mass is 254 g/mol. The van der Waals surface area contributed by atoms with Gasteiger partial charge < -0.3 is 5.32 Å². The summed E-state index contributed by atoms with van der Waals surface area (Å²) in [5.74, 6) is 0. The van der Waals surface area contributed by atoms with Crippen molar-refractivity contribution < 1.29 is 0 Å². The van der Waals surface area contributed by atoms with Crippen LogP contribution in [0.15, 0.2) is 48.7 Å². The molecule has 0 saturated carbocycles. The van der Waals surface area contributed by atoms with E-state index >= 15 is 0 Å². The van der Waals surface area contributed by atoms with E-state index in [0.29, 0.717) is 6.04 Å². The van der Waals surface area contributed by atoms with Crippen molar-refractivity contribution in [3.63, 3.8) is 0 Å². The lowest BCUT2D eigenvalue weighted by Gasteiger charge is -2.18. The maximum atomic E-state index is 4.51. The van der Waals surface area contributed by atoms with Crippen molar-refractivity contribution in [2.45, 2.75) is 32.7 Å². The van der Waals surface area contributed by atoms with E-state index in [-0.39, 0.29) is 0 Å². The summed E-state index contributed by atoms with van der Waals surface area (Å²) in [7, 11) is 0. The molecule has 0 fully saturated rings. The van der Waals surface area contributed by atoms with E-state index < -0.39 is 0 Å². The highest BCUT2D eigenvalue weighted by Crippen LogP contribution is 2.17. The zero-order valence-electron chi connectivity index (χ0n) is 11.8. The van der Waals surface area contributed by atoms with Crippen molar-refractivity contribution in [2.75, 3.05) is 6.54 Å². The van der Waals surface area contributed by atoms with Gasteiger partial charge in [-0.3, -0.25) is 4.98 Å². The topological polar surface area (TPSA) is 24.9 Å². The molecule has 19 heavy (non-hydrogen) atoms. The number of pyridine rings is 1. The zero-order chi connectivity index (χ0) is 13.5. The van der Waals surface area contributed by atoms with Crippen molar-refractivity contribution in [1.29, 1.82) is 0 Å². The summed E-state index contributed by atoms with van der Waals surface area (Å²) in [6, 6.07) is 15.2. The number of aromatic nitrogens is 1. The van der Waals surface area contributed by atoms with E-state index in [0.717, 1.165) is 25.1 Å². The van der Waals surface area contributed by atoms with Crippen LogP contribution in [0.5, 0.6) is 0 Å². The molecule has 2 nitrogen and oxygen atoms in total. The van der Waals surface area contributed by atoms with Crippen LogP contribution in [0.3, 0.4) is 0 Å². The quantitative estimate of drug-likeness (QED) is 0.850. The molecule has 0 bridgehead atoms. The highest BCUT2D eigenvalue weighted by Gasteiger charge is 2.11. The van der Waals surface area contributed by atoms with Crippen LogP contribution < -0.4 is 5.32 Å². The van der Waals surface area contributed by atoms with Crippen molar-refractivity contribution in [3.05, 3.63) is 65.5 Å². The molecular weight excluding hydrogens is 232 g/mol. The maximum Gasteiger partial charge on any atom is 0.0422 e. The SMILES string of the molecule is CCCNC(Cc1ccc(C)cn1)c1ccccc1. The second-order valence-corrected chi connectivity index (χ2v) is 4.95. The summed E-state index contributed by atoms with van der Waals surface area (Å²) in [4.78, 5) is 4.51. The number of benzene rings is 1. The summed E-state index contributed by atoms with van der Waals surface area (Å²) in [6.07, 6.45) is 4.02. The number of nitrogens with zero attached hydrogens (tertiary/aromatic N) is 1. The van der Waals surface area contributed by atoms with Crippen LogP contribution in [0.1, 0.15) is 36.2 Å². The van der Waals surface area contributed by atoms with Crippen LogP contribution in [0.2, 0.25) is 0 Å². The summed E-state index contributed by atoms with van der Waals surface area (Å²) in [5.41, 5.74) is 3.68. The highest BCUT2D eigenvalue weighted by atomic mass is 14.9. The first-order chi connectivity index (χ1) is 9.29. The van der Waals surface area contributed by atoms with E-state index in [1.54, 1.807) is 0 Å². The van der Waals surface area contributed by atoms with Gasteiger partial charge in [0.25, 0.3) is 0 Å². The Morgan fingerprint density at radius 3 is 2.53 bits per heavy atom. The number of hydrogen-bond donors (Lipinski definition) is 1. The standard InChI is InChI=1S/C17H22N2/c1-3-11-18-17(15-7-5-4-6-8-15)12-16-10-9-14(2)13-19-16/h4-10,13,17-18H,3,11-12H2,1-2H3. The molecule has 2 heteroatoms. The molecule has 1 aromatic carbocycles. The molecule has 1 unspecified atom stereocenters. The Hall–Kier alpha value is -1.67. The minimum atomic E-state index is 0.344. The first-order valence-corrected chi connectivity index (χ1v) is 6.99. The molecule has 2 aromatic rings. The van der Waals surface area contributed by atoms with Crippen LogP contribution in [-0.4, -0.2) is 11.5 Å². The van der Waals surface area contributed by atoms with Crippen molar-refractivity contribution in [3.8, 4) is 0 Å². The van der Waals surface area contributed by atoms with Gasteiger partial charge in [-0.2, -0.15) is 0 Å². The van der Waals surface area contributed by atoms with Gasteiger partial charge in [0.2, 0.25) is 0 Å². The van der Waals surface area contributed by atoms with Gasteiger partial charge in [-0.25, -0.2) is 0 Å². The Kier molecular flexibility index (Phi) is 5.10. The molecule has 0 aliphatic heterocycles. The minimum absolute atomic E-state index is 0.344. The lowest BCUT2D eigenvalue weighted by Crippen LogP contribution is -2.24. The van der Waals surface area contributed by atoms with Gasteiger partial charge in [0.15, 0.2) is 0 Å². The Morgan fingerprint density at radius 2 is 1.89 bits per heavy atom. The molecule has 100 valence electrons. The van der Waals surface area contributed by atoms with Crippen molar-refractivity contribution >= 4 is 0 Å². The zero-order valence-corrected chi connectivity index (χ0v) is 11.8. The van der Waals surface area contributed by atoms with E-state index in [4.69, 9.17) is 0 Å². The molecule has 0 aliphatic rings. The smallest absolute Gasteiger partial charge is 0.0422 e. The lowest BCUT2D eigenvalue weighted by atomic mass is 10.0. The van der Waals surface area contributed by atoms with Crippen LogP contribution in [-0.2, 0) is 6.42 Å². The predicted octanol–water partition coefficient (Wildman–Crippen LogP) is 3.67. The molecule has 1 aromatic heterocycles. The van der Waals surface area contributed by atoms with Gasteiger partial charge >= 0.3 is 0 Å². The van der Waals surface area contributed by atoms with E-state index in [1.807, 2.05) is 6.20 Å². The second kappa shape index (κ2) is 7.05. The molecule has 2 rings (SSSR count). The van der Waals surface area contributed by atoms with Gasteiger partial charge in [-0.05, 0) is 37.1 Å². The van der Waals surface area contributed by atoms with E-state index in [1.165, 1.54) is 11.1 Å². The van der Waals surface area contributed by atoms with Gasteiger partial charge in [0, 0.05) is 24.4 Å². The van der Waals surface area contributed by atoms with Crippen molar-refractivity contribution in [2.24, 2.45) is 0 Å². The average molecular weight is 254 g/mol. The Bertz CT molecular complexity index is 476. The molecule has 0 spiro atoms. The van der Waals surface area contributed by atoms with Crippen molar-refractivity contribution in [1.82, 2.24) is 10.3 Å². The van der Waals surface area contributed by atoms with Crippen LogP contribution in [0, 0.1) is 6.92 Å². The maximum absolute atomic E-state index is 4.51. The normalized spacial score (nSPS) is 12.3. The van der Waals surface area contributed by atoms with Crippen LogP contribution >= 0.6 is 0 Å². The summed E-state index contributed by atoms with van der Waals surface area (Å²) >= 11 is 0. The van der Waals surface area contributed by atoms with Gasteiger partial charge in [0.1, 0.15) is 0 Å². The third-order valence-corrected chi connectivity index (χ3v) is 3.23. The Morgan fingerprint density at radius 1 is 1.11 bits per heavy atom. The highest BCUT2D eigenvalue weighted by molar-refractivity contribution is 5.22. The largest absolute Gasteiger partial charge is 0.310 e. The second-order valence-electron chi connectivity index (χ2n) is 4.95. The number of nitrogens with one attached hydrogen (secondary N) is 1. The Balaban J connectivity index is 2.11. The molecule has 0 saturated heterocycles. The number of hydrogen-bond acceptors (Lipinski definition) is 2. The lowest BCUT2D eigenvalue weighted by molar-refractivity contribution is 0.524. The summed E-state index contributed by atoms with van der Waals surface area (Å²) in [6.45, 7) is 5.30. The molecule has 1 atom stereocenters. The summed E-state index contributed by atoms with van der Waals surface area (Å²) < 4.78 is 0. The third-order valence-electron chi connectivity index (χ3n) is 3.23. The fourth-order valence-corrected chi connectivity index (χ4v) is 2.14. The number of rotatable bonds is 6. The van der Waals surface area contributed by atoms with E-state index in [2.05, 4.69) is 66.6 Å².